The molecular weight excluding hydrogens is 360 g/mol. The summed E-state index contributed by atoms with van der Waals surface area (Å²) in [6.07, 6.45) is 2.10. The van der Waals surface area contributed by atoms with Gasteiger partial charge in [0.2, 0.25) is 0 Å². The Morgan fingerprint density at radius 1 is 1.10 bits per heavy atom. The van der Waals surface area contributed by atoms with Crippen molar-refractivity contribution in [2.45, 2.75) is 20.3 Å². The number of amides is 1. The summed E-state index contributed by atoms with van der Waals surface area (Å²) in [5.41, 5.74) is 7.21. The number of nitriles is 1. The third-order valence-corrected chi connectivity index (χ3v) is 4.90. The number of imidazole rings is 1. The number of aryl methyl sites for hydroxylation is 2. The van der Waals surface area contributed by atoms with E-state index in [1.54, 1.807) is 18.5 Å². The summed E-state index contributed by atoms with van der Waals surface area (Å²) in [6.45, 7) is 4.14. The van der Waals surface area contributed by atoms with E-state index >= 15 is 0 Å². The van der Waals surface area contributed by atoms with Gasteiger partial charge < -0.3 is 5.32 Å². The average Bonchev–Trinajstić information content (AvgIpc) is 3.13. The van der Waals surface area contributed by atoms with Crippen LogP contribution in [-0.4, -0.2) is 15.5 Å². The fraction of sp³-hybridized carbons (Fsp3) is 0.125. The van der Waals surface area contributed by atoms with Crippen LogP contribution in [0, 0.1) is 25.2 Å². The van der Waals surface area contributed by atoms with Gasteiger partial charge in [-0.1, -0.05) is 24.3 Å². The molecule has 0 aliphatic rings. The van der Waals surface area contributed by atoms with Crippen LogP contribution in [0.15, 0.2) is 67.0 Å². The van der Waals surface area contributed by atoms with Gasteiger partial charge in [0.15, 0.2) is 0 Å². The topological polar surface area (TPSA) is 70.7 Å². The first-order chi connectivity index (χ1) is 14.0. The van der Waals surface area contributed by atoms with Gasteiger partial charge in [0.1, 0.15) is 6.33 Å². The van der Waals surface area contributed by atoms with E-state index in [0.29, 0.717) is 17.7 Å². The third kappa shape index (κ3) is 3.74. The molecule has 4 rings (SSSR count). The summed E-state index contributed by atoms with van der Waals surface area (Å²) in [5.74, 6) is -0.206. The van der Waals surface area contributed by atoms with E-state index in [9.17, 15) is 4.79 Å². The lowest BCUT2D eigenvalue weighted by Gasteiger charge is -2.10. The summed E-state index contributed by atoms with van der Waals surface area (Å²) >= 11 is 0. The molecule has 1 amide bonds. The van der Waals surface area contributed by atoms with Crippen LogP contribution in [0.3, 0.4) is 0 Å². The number of carbonyl (C=O) groups is 1. The van der Waals surface area contributed by atoms with E-state index in [1.807, 2.05) is 34.9 Å². The molecule has 29 heavy (non-hydrogen) atoms. The van der Waals surface area contributed by atoms with E-state index in [4.69, 9.17) is 5.26 Å². The first kappa shape index (κ1) is 18.5. The van der Waals surface area contributed by atoms with Gasteiger partial charge in [-0.05, 0) is 66.9 Å². The Bertz CT molecular complexity index is 1260. The predicted octanol–water partition coefficient (Wildman–Crippen LogP) is 4.96. The van der Waals surface area contributed by atoms with Crippen molar-refractivity contribution in [1.82, 2.24) is 9.55 Å². The summed E-state index contributed by atoms with van der Waals surface area (Å²) < 4.78 is 2.05. The highest BCUT2D eigenvalue weighted by Gasteiger charge is 2.12. The minimum Gasteiger partial charge on any atom is -0.322 e. The molecule has 0 saturated heterocycles. The van der Waals surface area contributed by atoms with Crippen LogP contribution in [0.1, 0.15) is 27.0 Å². The van der Waals surface area contributed by atoms with Gasteiger partial charge in [-0.2, -0.15) is 5.26 Å². The zero-order chi connectivity index (χ0) is 20.4. The van der Waals surface area contributed by atoms with Gasteiger partial charge in [0, 0.05) is 11.3 Å². The molecule has 1 aromatic heterocycles. The van der Waals surface area contributed by atoms with E-state index in [2.05, 4.69) is 48.4 Å². The van der Waals surface area contributed by atoms with Gasteiger partial charge in [0.05, 0.1) is 29.2 Å². The Morgan fingerprint density at radius 3 is 2.79 bits per heavy atom. The molecule has 1 heterocycles. The van der Waals surface area contributed by atoms with E-state index < -0.39 is 0 Å². The molecule has 0 saturated carbocycles. The molecule has 3 aromatic carbocycles. The molecule has 0 aliphatic heterocycles. The number of benzene rings is 3. The first-order valence-electron chi connectivity index (χ1n) is 9.37. The monoisotopic (exact) mass is 380 g/mol. The van der Waals surface area contributed by atoms with Gasteiger partial charge in [-0.15, -0.1) is 0 Å². The fourth-order valence-corrected chi connectivity index (χ4v) is 3.38. The maximum atomic E-state index is 12.7. The normalized spacial score (nSPS) is 10.7. The van der Waals surface area contributed by atoms with Gasteiger partial charge in [-0.3, -0.25) is 9.36 Å². The lowest BCUT2D eigenvalue weighted by Crippen LogP contribution is -2.12. The van der Waals surface area contributed by atoms with Crippen LogP contribution in [0.4, 0.5) is 5.69 Å². The van der Waals surface area contributed by atoms with Crippen LogP contribution in [-0.2, 0) is 6.42 Å². The van der Waals surface area contributed by atoms with E-state index in [0.717, 1.165) is 27.8 Å². The number of anilines is 1. The highest BCUT2D eigenvalue weighted by molar-refractivity contribution is 6.06. The lowest BCUT2D eigenvalue weighted by molar-refractivity contribution is 0.102. The first-order valence-corrected chi connectivity index (χ1v) is 9.37. The lowest BCUT2D eigenvalue weighted by atomic mass is 10.1. The standard InChI is InChI=1S/C24H20N4O/c1-16-6-7-17(2)23(12-16)28-15-26-21-14-19(8-9-22(21)28)24(29)27-20-5-3-4-18(13-20)10-11-25/h3-9,12-15H,10H2,1-2H3,(H,27,29). The van der Waals surface area contributed by atoms with Crippen molar-refractivity contribution in [3.05, 3.63) is 89.2 Å². The Hall–Kier alpha value is -3.91. The Kier molecular flexibility index (Phi) is 4.84. The van der Waals surface area contributed by atoms with Crippen molar-refractivity contribution in [3.63, 3.8) is 0 Å². The minimum absolute atomic E-state index is 0.206. The van der Waals surface area contributed by atoms with Crippen molar-refractivity contribution >= 4 is 22.6 Å². The molecular formula is C24H20N4O. The molecule has 0 radical (unpaired) electrons. The maximum Gasteiger partial charge on any atom is 0.255 e. The molecule has 1 N–H and O–H groups in total. The zero-order valence-corrected chi connectivity index (χ0v) is 16.3. The number of rotatable bonds is 4. The predicted molar refractivity (Wildman–Crippen MR) is 114 cm³/mol. The molecule has 0 spiro atoms. The molecule has 4 aromatic rings. The summed E-state index contributed by atoms with van der Waals surface area (Å²) in [6, 6.07) is 21.3. The van der Waals surface area contributed by atoms with Crippen LogP contribution in [0.25, 0.3) is 16.7 Å². The second-order valence-electron chi connectivity index (χ2n) is 7.10. The fourth-order valence-electron chi connectivity index (χ4n) is 3.38. The molecule has 5 nitrogen and oxygen atoms in total. The van der Waals surface area contributed by atoms with Crippen LogP contribution in [0.5, 0.6) is 0 Å². The zero-order valence-electron chi connectivity index (χ0n) is 16.3. The van der Waals surface area contributed by atoms with Crippen LogP contribution >= 0.6 is 0 Å². The van der Waals surface area contributed by atoms with E-state index in [1.165, 1.54) is 5.56 Å². The molecule has 0 aliphatic carbocycles. The summed E-state index contributed by atoms with van der Waals surface area (Å²) in [5, 5.41) is 11.7. The molecule has 0 bridgehead atoms. The SMILES string of the molecule is Cc1ccc(C)c(-n2cnc3cc(C(=O)Nc4cccc(CC#N)c4)ccc32)c1. The Balaban J connectivity index is 1.63. The smallest absolute Gasteiger partial charge is 0.255 e. The molecule has 0 fully saturated rings. The Morgan fingerprint density at radius 2 is 1.97 bits per heavy atom. The van der Waals surface area contributed by atoms with Crippen LogP contribution < -0.4 is 5.32 Å². The number of nitrogens with one attached hydrogen (secondary N) is 1. The van der Waals surface area contributed by atoms with Gasteiger partial charge in [0.25, 0.3) is 5.91 Å². The maximum absolute atomic E-state index is 12.7. The van der Waals surface area contributed by atoms with Crippen LogP contribution in [0.2, 0.25) is 0 Å². The van der Waals surface area contributed by atoms with Gasteiger partial charge in [-0.25, -0.2) is 4.98 Å². The highest BCUT2D eigenvalue weighted by Crippen LogP contribution is 2.23. The van der Waals surface area contributed by atoms with Gasteiger partial charge >= 0.3 is 0 Å². The molecule has 5 heteroatoms. The second kappa shape index (κ2) is 7.61. The largest absolute Gasteiger partial charge is 0.322 e. The van der Waals surface area contributed by atoms with E-state index in [-0.39, 0.29) is 5.91 Å². The summed E-state index contributed by atoms with van der Waals surface area (Å²) in [4.78, 5) is 17.2. The van der Waals surface area contributed by atoms with Crippen molar-refractivity contribution < 1.29 is 4.79 Å². The number of hydrogen-bond acceptors (Lipinski definition) is 3. The molecule has 0 atom stereocenters. The molecule has 0 unspecified atom stereocenters. The second-order valence-corrected chi connectivity index (χ2v) is 7.10. The highest BCUT2D eigenvalue weighted by atomic mass is 16.1. The van der Waals surface area contributed by atoms with Crippen molar-refractivity contribution in [3.8, 4) is 11.8 Å². The Labute approximate surface area is 169 Å². The number of hydrogen-bond donors (Lipinski definition) is 1. The van der Waals surface area contributed by atoms with Crippen molar-refractivity contribution in [2.24, 2.45) is 0 Å². The number of aromatic nitrogens is 2. The summed E-state index contributed by atoms with van der Waals surface area (Å²) in [7, 11) is 0. The number of nitrogens with zero attached hydrogens (tertiary/aromatic N) is 3. The quantitative estimate of drug-likeness (QED) is 0.544. The number of fused-ring (bicyclic) bond motifs is 1. The minimum atomic E-state index is -0.206. The van der Waals surface area contributed by atoms with Crippen molar-refractivity contribution in [2.75, 3.05) is 5.32 Å². The average molecular weight is 380 g/mol. The third-order valence-electron chi connectivity index (χ3n) is 4.90. The van der Waals surface area contributed by atoms with Crippen molar-refractivity contribution in [1.29, 1.82) is 5.26 Å². The molecule has 142 valence electrons. The number of carbonyl (C=O) groups excluding carboxylic acids is 1.